The molecule has 4 nitrogen and oxygen atoms in total. The van der Waals surface area contributed by atoms with Crippen molar-refractivity contribution < 1.29 is 4.74 Å². The first kappa shape index (κ1) is 12.8. The highest BCUT2D eigenvalue weighted by atomic mass is 16.5. The lowest BCUT2D eigenvalue weighted by Crippen LogP contribution is -1.96. The number of nitrogens with two attached hydrogens (primary N) is 1. The molecule has 0 bridgehead atoms. The summed E-state index contributed by atoms with van der Waals surface area (Å²) in [4.78, 5) is 0. The summed E-state index contributed by atoms with van der Waals surface area (Å²) in [6, 6.07) is 13.1. The van der Waals surface area contributed by atoms with Crippen LogP contribution in [0.3, 0.4) is 0 Å². The first-order chi connectivity index (χ1) is 9.12. The topological polar surface area (TPSA) is 71.1 Å². The van der Waals surface area contributed by atoms with Crippen LogP contribution in [-0.2, 0) is 0 Å². The number of anilines is 3. The van der Waals surface area contributed by atoms with E-state index in [2.05, 4.69) is 11.4 Å². The van der Waals surface area contributed by atoms with Gasteiger partial charge >= 0.3 is 0 Å². The van der Waals surface area contributed by atoms with Crippen LogP contribution in [0.5, 0.6) is 5.75 Å². The average molecular weight is 253 g/mol. The van der Waals surface area contributed by atoms with Gasteiger partial charge in [-0.3, -0.25) is 0 Å². The van der Waals surface area contributed by atoms with E-state index in [-0.39, 0.29) is 0 Å². The zero-order valence-corrected chi connectivity index (χ0v) is 10.9. The van der Waals surface area contributed by atoms with Gasteiger partial charge in [0, 0.05) is 29.2 Å². The van der Waals surface area contributed by atoms with Crippen LogP contribution >= 0.6 is 0 Å². The fourth-order valence-electron chi connectivity index (χ4n) is 1.79. The molecule has 19 heavy (non-hydrogen) atoms. The van der Waals surface area contributed by atoms with Crippen molar-refractivity contribution in [1.82, 2.24) is 0 Å². The summed E-state index contributed by atoms with van der Waals surface area (Å²) in [5.41, 5.74) is 9.81. The SMILES string of the molecule is COc1cc(N)cc(Nc2cc(C#N)ccc2C)c1. The standard InChI is InChI=1S/C15H15N3O/c1-10-3-4-11(9-16)5-15(10)18-13-6-12(17)7-14(8-13)19-2/h3-8,18H,17H2,1-2H3. The zero-order chi connectivity index (χ0) is 13.8. The van der Waals surface area contributed by atoms with Gasteiger partial charge in [0.1, 0.15) is 5.75 Å². The number of hydrogen-bond donors (Lipinski definition) is 2. The predicted octanol–water partition coefficient (Wildman–Crippen LogP) is 3.20. The van der Waals surface area contributed by atoms with E-state index in [1.165, 1.54) is 0 Å². The average Bonchev–Trinajstić information content (AvgIpc) is 2.40. The molecule has 0 aromatic heterocycles. The molecule has 2 aromatic rings. The Morgan fingerprint density at radius 2 is 2.00 bits per heavy atom. The first-order valence-corrected chi connectivity index (χ1v) is 5.84. The molecule has 3 N–H and O–H groups in total. The van der Waals surface area contributed by atoms with Crippen molar-refractivity contribution in [1.29, 1.82) is 5.26 Å². The first-order valence-electron chi connectivity index (χ1n) is 5.84. The summed E-state index contributed by atoms with van der Waals surface area (Å²) in [6.45, 7) is 1.98. The van der Waals surface area contributed by atoms with Gasteiger partial charge in [-0.2, -0.15) is 5.26 Å². The van der Waals surface area contributed by atoms with Crippen LogP contribution in [0.4, 0.5) is 17.1 Å². The molecule has 0 unspecified atom stereocenters. The van der Waals surface area contributed by atoms with Gasteiger partial charge in [0.05, 0.1) is 18.7 Å². The van der Waals surface area contributed by atoms with Crippen LogP contribution in [-0.4, -0.2) is 7.11 Å². The van der Waals surface area contributed by atoms with E-state index >= 15 is 0 Å². The molecule has 0 heterocycles. The van der Waals surface area contributed by atoms with Gasteiger partial charge in [0.15, 0.2) is 0 Å². The number of nitriles is 1. The molecule has 0 amide bonds. The summed E-state index contributed by atoms with van der Waals surface area (Å²) in [6.07, 6.45) is 0. The second-order valence-electron chi connectivity index (χ2n) is 4.26. The van der Waals surface area contributed by atoms with E-state index in [0.29, 0.717) is 17.0 Å². The predicted molar refractivity (Wildman–Crippen MR) is 76.6 cm³/mol. The van der Waals surface area contributed by atoms with Crippen molar-refractivity contribution in [3.05, 3.63) is 47.5 Å². The van der Waals surface area contributed by atoms with Crippen molar-refractivity contribution in [2.75, 3.05) is 18.2 Å². The maximum atomic E-state index is 8.93. The quantitative estimate of drug-likeness (QED) is 0.824. The number of ether oxygens (including phenoxy) is 1. The number of nitrogens with zero attached hydrogens (tertiary/aromatic N) is 1. The smallest absolute Gasteiger partial charge is 0.122 e. The summed E-state index contributed by atoms with van der Waals surface area (Å²) in [5.74, 6) is 0.691. The van der Waals surface area contributed by atoms with Gasteiger partial charge in [-0.15, -0.1) is 0 Å². The lowest BCUT2D eigenvalue weighted by Gasteiger charge is -2.12. The highest BCUT2D eigenvalue weighted by Gasteiger charge is 2.03. The molecule has 0 aliphatic carbocycles. The maximum absolute atomic E-state index is 8.93. The molecule has 0 saturated heterocycles. The Labute approximate surface area is 112 Å². The van der Waals surface area contributed by atoms with Crippen molar-refractivity contribution in [2.45, 2.75) is 6.92 Å². The molecule has 0 fully saturated rings. The summed E-state index contributed by atoms with van der Waals surface area (Å²) >= 11 is 0. The van der Waals surface area contributed by atoms with Gasteiger partial charge in [0.25, 0.3) is 0 Å². The summed E-state index contributed by atoms with van der Waals surface area (Å²) in [5, 5.41) is 12.2. The molecule has 0 aliphatic rings. The van der Waals surface area contributed by atoms with Crippen LogP contribution in [0.15, 0.2) is 36.4 Å². The number of benzene rings is 2. The summed E-state index contributed by atoms with van der Waals surface area (Å²) < 4.78 is 5.18. The monoisotopic (exact) mass is 253 g/mol. The highest BCUT2D eigenvalue weighted by Crippen LogP contribution is 2.27. The third kappa shape index (κ3) is 2.96. The van der Waals surface area contributed by atoms with Crippen LogP contribution < -0.4 is 15.8 Å². The molecular weight excluding hydrogens is 238 g/mol. The molecule has 0 saturated carbocycles. The number of nitrogen functional groups attached to an aromatic ring is 1. The molecule has 0 radical (unpaired) electrons. The number of methoxy groups -OCH3 is 1. The highest BCUT2D eigenvalue weighted by molar-refractivity contribution is 5.69. The van der Waals surface area contributed by atoms with Crippen molar-refractivity contribution in [3.63, 3.8) is 0 Å². The zero-order valence-electron chi connectivity index (χ0n) is 10.9. The lowest BCUT2D eigenvalue weighted by molar-refractivity contribution is 0.415. The largest absolute Gasteiger partial charge is 0.497 e. The molecule has 2 rings (SSSR count). The van der Waals surface area contributed by atoms with Crippen molar-refractivity contribution in [2.24, 2.45) is 0 Å². The van der Waals surface area contributed by atoms with E-state index in [1.54, 1.807) is 19.2 Å². The Morgan fingerprint density at radius 1 is 1.21 bits per heavy atom. The van der Waals surface area contributed by atoms with Crippen LogP contribution in [0.2, 0.25) is 0 Å². The van der Waals surface area contributed by atoms with Gasteiger partial charge < -0.3 is 15.8 Å². The van der Waals surface area contributed by atoms with E-state index in [0.717, 1.165) is 16.9 Å². The van der Waals surface area contributed by atoms with Crippen LogP contribution in [0.25, 0.3) is 0 Å². The minimum absolute atomic E-state index is 0.615. The Morgan fingerprint density at radius 3 is 2.68 bits per heavy atom. The van der Waals surface area contributed by atoms with Crippen molar-refractivity contribution >= 4 is 17.1 Å². The number of hydrogen-bond acceptors (Lipinski definition) is 4. The number of nitrogens with one attached hydrogen (secondary N) is 1. The third-order valence-electron chi connectivity index (χ3n) is 2.81. The normalized spacial score (nSPS) is 9.74. The van der Waals surface area contributed by atoms with E-state index in [9.17, 15) is 0 Å². The van der Waals surface area contributed by atoms with Crippen molar-refractivity contribution in [3.8, 4) is 11.8 Å². The van der Waals surface area contributed by atoms with E-state index < -0.39 is 0 Å². The number of rotatable bonds is 3. The molecular formula is C15H15N3O. The fraction of sp³-hybridized carbons (Fsp3) is 0.133. The van der Waals surface area contributed by atoms with Gasteiger partial charge in [0.2, 0.25) is 0 Å². The third-order valence-corrected chi connectivity index (χ3v) is 2.81. The molecule has 0 aliphatic heterocycles. The number of aryl methyl sites for hydroxylation is 1. The second-order valence-corrected chi connectivity index (χ2v) is 4.26. The Balaban J connectivity index is 2.36. The molecule has 0 spiro atoms. The summed E-state index contributed by atoms with van der Waals surface area (Å²) in [7, 11) is 1.60. The minimum Gasteiger partial charge on any atom is -0.497 e. The molecule has 2 aromatic carbocycles. The van der Waals surface area contributed by atoms with E-state index in [4.69, 9.17) is 15.7 Å². The lowest BCUT2D eigenvalue weighted by atomic mass is 10.1. The van der Waals surface area contributed by atoms with Gasteiger partial charge in [-0.1, -0.05) is 6.07 Å². The minimum atomic E-state index is 0.615. The van der Waals surface area contributed by atoms with Gasteiger partial charge in [-0.05, 0) is 30.7 Å². The Kier molecular flexibility index (Phi) is 3.58. The molecule has 96 valence electrons. The maximum Gasteiger partial charge on any atom is 0.122 e. The molecule has 0 atom stereocenters. The van der Waals surface area contributed by atoms with Crippen LogP contribution in [0, 0.1) is 18.3 Å². The fourth-order valence-corrected chi connectivity index (χ4v) is 1.79. The van der Waals surface area contributed by atoms with Crippen LogP contribution in [0.1, 0.15) is 11.1 Å². The second kappa shape index (κ2) is 5.32. The van der Waals surface area contributed by atoms with E-state index in [1.807, 2.05) is 31.2 Å². The Hall–Kier alpha value is -2.67. The molecule has 4 heteroatoms. The van der Waals surface area contributed by atoms with Gasteiger partial charge in [-0.25, -0.2) is 0 Å². The Bertz CT molecular complexity index is 644.